The van der Waals surface area contributed by atoms with E-state index in [0.717, 1.165) is 26.2 Å². The van der Waals surface area contributed by atoms with E-state index in [1.54, 1.807) is 18.2 Å². The van der Waals surface area contributed by atoms with E-state index in [2.05, 4.69) is 22.5 Å². The Labute approximate surface area is 154 Å². The summed E-state index contributed by atoms with van der Waals surface area (Å²) < 4.78 is 0. The van der Waals surface area contributed by atoms with E-state index in [1.165, 1.54) is 12.8 Å². The number of amides is 1. The van der Waals surface area contributed by atoms with Crippen LogP contribution in [0.5, 0.6) is 0 Å². The molecule has 0 unspecified atom stereocenters. The predicted molar refractivity (Wildman–Crippen MR) is 100 cm³/mol. The Morgan fingerprint density at radius 1 is 1.30 bits per heavy atom. The van der Waals surface area contributed by atoms with E-state index in [4.69, 9.17) is 23.2 Å². The smallest absolute Gasteiger partial charge is 0.238 e. The van der Waals surface area contributed by atoms with E-state index in [-0.39, 0.29) is 18.3 Å². The molecule has 1 amide bonds. The van der Waals surface area contributed by atoms with Crippen LogP contribution in [0.3, 0.4) is 0 Å². The lowest BCUT2D eigenvalue weighted by molar-refractivity contribution is -0.117. The van der Waals surface area contributed by atoms with Gasteiger partial charge in [0.15, 0.2) is 0 Å². The minimum atomic E-state index is -0.0780. The first-order valence-electron chi connectivity index (χ1n) is 7.77. The highest BCUT2D eigenvalue weighted by Gasteiger charge is 2.18. The maximum atomic E-state index is 12.2. The fraction of sp³-hybridized carbons (Fsp3) is 0.562. The average molecular weight is 381 g/mol. The Morgan fingerprint density at radius 2 is 1.91 bits per heavy atom. The first kappa shape index (κ1) is 20.5. The monoisotopic (exact) mass is 379 g/mol. The lowest BCUT2D eigenvalue weighted by Crippen LogP contribution is -2.39. The Balaban J connectivity index is 0.00000264. The van der Waals surface area contributed by atoms with Gasteiger partial charge >= 0.3 is 0 Å². The SMILES string of the molecule is CCN(CC(=O)Nc1c(Cl)cccc1Cl)CC1CCNCC1.Cl. The highest BCUT2D eigenvalue weighted by molar-refractivity contribution is 6.39. The van der Waals surface area contributed by atoms with Crippen molar-refractivity contribution in [1.82, 2.24) is 10.2 Å². The van der Waals surface area contributed by atoms with Gasteiger partial charge in [-0.2, -0.15) is 0 Å². The molecule has 1 heterocycles. The van der Waals surface area contributed by atoms with Crippen molar-refractivity contribution in [2.75, 3.05) is 38.0 Å². The molecule has 2 rings (SSSR count). The number of benzene rings is 1. The molecule has 1 fully saturated rings. The summed E-state index contributed by atoms with van der Waals surface area (Å²) in [6.07, 6.45) is 2.35. The number of halogens is 3. The molecule has 1 aliphatic heterocycles. The van der Waals surface area contributed by atoms with Gasteiger partial charge in [0.25, 0.3) is 0 Å². The molecule has 0 aliphatic carbocycles. The number of nitrogens with zero attached hydrogens (tertiary/aromatic N) is 1. The van der Waals surface area contributed by atoms with Crippen LogP contribution in [0.4, 0.5) is 5.69 Å². The molecule has 2 N–H and O–H groups in total. The topological polar surface area (TPSA) is 44.4 Å². The van der Waals surface area contributed by atoms with Crippen molar-refractivity contribution in [2.24, 2.45) is 5.92 Å². The number of hydrogen-bond donors (Lipinski definition) is 2. The van der Waals surface area contributed by atoms with Crippen molar-refractivity contribution < 1.29 is 4.79 Å². The van der Waals surface area contributed by atoms with E-state index in [1.807, 2.05) is 0 Å². The van der Waals surface area contributed by atoms with Crippen molar-refractivity contribution in [1.29, 1.82) is 0 Å². The Hall–Kier alpha value is -0.520. The molecule has 0 spiro atoms. The summed E-state index contributed by atoms with van der Waals surface area (Å²) in [6, 6.07) is 5.20. The number of likely N-dealkylation sites (N-methyl/N-ethyl adjacent to an activating group) is 1. The molecule has 0 atom stereocenters. The zero-order valence-corrected chi connectivity index (χ0v) is 15.6. The minimum Gasteiger partial charge on any atom is -0.322 e. The second-order valence-electron chi connectivity index (χ2n) is 5.67. The van der Waals surface area contributed by atoms with Crippen LogP contribution in [0, 0.1) is 5.92 Å². The van der Waals surface area contributed by atoms with Gasteiger partial charge in [0.2, 0.25) is 5.91 Å². The molecule has 1 aromatic rings. The van der Waals surface area contributed by atoms with Gasteiger partial charge in [-0.25, -0.2) is 0 Å². The van der Waals surface area contributed by atoms with Crippen molar-refractivity contribution in [3.8, 4) is 0 Å². The number of anilines is 1. The molecule has 4 nitrogen and oxygen atoms in total. The molecule has 1 saturated heterocycles. The number of piperidine rings is 1. The molecule has 7 heteroatoms. The van der Waals surface area contributed by atoms with Crippen molar-refractivity contribution in [2.45, 2.75) is 19.8 Å². The molecule has 130 valence electrons. The highest BCUT2D eigenvalue weighted by atomic mass is 35.5. The summed E-state index contributed by atoms with van der Waals surface area (Å²) in [5.74, 6) is 0.587. The lowest BCUT2D eigenvalue weighted by Gasteiger charge is -2.29. The Bertz CT molecular complexity index is 487. The zero-order valence-electron chi connectivity index (χ0n) is 13.3. The van der Waals surface area contributed by atoms with Gasteiger partial charge in [-0.05, 0) is 50.5 Å². The van der Waals surface area contributed by atoms with E-state index in [0.29, 0.717) is 28.2 Å². The molecule has 1 aliphatic rings. The van der Waals surface area contributed by atoms with Crippen LogP contribution in [0.1, 0.15) is 19.8 Å². The summed E-state index contributed by atoms with van der Waals surface area (Å²) >= 11 is 12.2. The first-order chi connectivity index (χ1) is 10.6. The summed E-state index contributed by atoms with van der Waals surface area (Å²) in [5.41, 5.74) is 0.494. The summed E-state index contributed by atoms with van der Waals surface area (Å²) in [7, 11) is 0. The van der Waals surface area contributed by atoms with Crippen molar-refractivity contribution >= 4 is 47.2 Å². The second-order valence-corrected chi connectivity index (χ2v) is 6.48. The number of carbonyl (C=O) groups is 1. The third-order valence-corrected chi connectivity index (χ3v) is 4.65. The zero-order chi connectivity index (χ0) is 15.9. The van der Waals surface area contributed by atoms with Gasteiger partial charge in [0, 0.05) is 6.54 Å². The number of hydrogen-bond acceptors (Lipinski definition) is 3. The summed E-state index contributed by atoms with van der Waals surface area (Å²) in [5, 5.41) is 7.11. The Kier molecular flexibility index (Phi) is 9.25. The molecule has 23 heavy (non-hydrogen) atoms. The third kappa shape index (κ3) is 6.48. The molecule has 0 bridgehead atoms. The quantitative estimate of drug-likeness (QED) is 0.791. The Morgan fingerprint density at radius 3 is 2.48 bits per heavy atom. The average Bonchev–Trinajstić information content (AvgIpc) is 2.51. The predicted octanol–water partition coefficient (Wildman–Crippen LogP) is 3.68. The highest BCUT2D eigenvalue weighted by Crippen LogP contribution is 2.29. The largest absolute Gasteiger partial charge is 0.322 e. The summed E-state index contributed by atoms with van der Waals surface area (Å²) in [4.78, 5) is 14.4. The molecule has 0 radical (unpaired) electrons. The number of para-hydroxylation sites is 1. The molecular weight excluding hydrogens is 357 g/mol. The lowest BCUT2D eigenvalue weighted by atomic mass is 9.97. The standard InChI is InChI=1S/C16H23Cl2N3O.ClH/c1-2-21(10-12-6-8-19-9-7-12)11-15(22)20-16-13(17)4-3-5-14(16)18;/h3-5,12,19H,2,6-11H2,1H3,(H,20,22);1H. The van der Waals surface area contributed by atoms with Crippen LogP contribution in [0.15, 0.2) is 18.2 Å². The second kappa shape index (κ2) is 10.4. The van der Waals surface area contributed by atoms with Crippen LogP contribution in [0.2, 0.25) is 10.0 Å². The number of rotatable bonds is 6. The van der Waals surface area contributed by atoms with E-state index < -0.39 is 0 Å². The van der Waals surface area contributed by atoms with Gasteiger partial charge in [0.1, 0.15) is 0 Å². The fourth-order valence-electron chi connectivity index (χ4n) is 2.73. The molecule has 1 aromatic carbocycles. The van der Waals surface area contributed by atoms with Crippen LogP contribution in [-0.2, 0) is 4.79 Å². The molecule has 0 saturated carbocycles. The van der Waals surface area contributed by atoms with Crippen molar-refractivity contribution in [3.63, 3.8) is 0 Å². The normalized spacial score (nSPS) is 15.3. The summed E-state index contributed by atoms with van der Waals surface area (Å²) in [6.45, 7) is 6.40. The minimum absolute atomic E-state index is 0. The van der Waals surface area contributed by atoms with Crippen LogP contribution in [0.25, 0.3) is 0 Å². The molecular formula is C16H24Cl3N3O. The van der Waals surface area contributed by atoms with Crippen LogP contribution in [-0.4, -0.2) is 43.5 Å². The maximum Gasteiger partial charge on any atom is 0.238 e. The third-order valence-electron chi connectivity index (χ3n) is 4.02. The molecule has 0 aromatic heterocycles. The van der Waals surface area contributed by atoms with Gasteiger partial charge in [-0.1, -0.05) is 36.2 Å². The fourth-order valence-corrected chi connectivity index (χ4v) is 3.23. The van der Waals surface area contributed by atoms with Gasteiger partial charge in [-0.3, -0.25) is 9.69 Å². The van der Waals surface area contributed by atoms with Gasteiger partial charge in [0.05, 0.1) is 22.3 Å². The van der Waals surface area contributed by atoms with Gasteiger partial charge < -0.3 is 10.6 Å². The van der Waals surface area contributed by atoms with Crippen LogP contribution >= 0.6 is 35.6 Å². The van der Waals surface area contributed by atoms with E-state index >= 15 is 0 Å². The maximum absolute atomic E-state index is 12.2. The van der Waals surface area contributed by atoms with Gasteiger partial charge in [-0.15, -0.1) is 12.4 Å². The first-order valence-corrected chi connectivity index (χ1v) is 8.52. The van der Waals surface area contributed by atoms with Crippen molar-refractivity contribution in [3.05, 3.63) is 28.2 Å². The number of carbonyl (C=O) groups excluding carboxylic acids is 1. The van der Waals surface area contributed by atoms with Crippen LogP contribution < -0.4 is 10.6 Å². The van der Waals surface area contributed by atoms with E-state index in [9.17, 15) is 4.79 Å². The number of nitrogens with one attached hydrogen (secondary N) is 2.